The van der Waals surface area contributed by atoms with E-state index in [1.807, 2.05) is 0 Å². The molecule has 26 heavy (non-hydrogen) atoms. The normalized spacial score (nSPS) is 21.2. The monoisotopic (exact) mass is 354 g/mol. The Morgan fingerprint density at radius 1 is 0.846 bits per heavy atom. The van der Waals surface area contributed by atoms with Crippen LogP contribution in [-0.4, -0.2) is 32.2 Å². The fourth-order valence-electron chi connectivity index (χ4n) is 3.43. The summed E-state index contributed by atoms with van der Waals surface area (Å²) in [5, 5.41) is 0. The Balaban J connectivity index is 1.59. The first-order chi connectivity index (χ1) is 12.5. The second-order valence-corrected chi connectivity index (χ2v) is 7.35. The summed E-state index contributed by atoms with van der Waals surface area (Å²) >= 11 is 0. The van der Waals surface area contributed by atoms with Crippen molar-refractivity contribution < 1.29 is 18.9 Å². The fraction of sp³-hybridized carbons (Fsp3) is 0.455. The van der Waals surface area contributed by atoms with Gasteiger partial charge in [-0.1, -0.05) is 0 Å². The first-order valence-electron chi connectivity index (χ1n) is 9.27. The average Bonchev–Trinajstić information content (AvgIpc) is 3.35. The predicted molar refractivity (Wildman–Crippen MR) is 101 cm³/mol. The van der Waals surface area contributed by atoms with Crippen molar-refractivity contribution in [3.8, 4) is 22.6 Å². The molecule has 0 spiro atoms. The van der Waals surface area contributed by atoms with Crippen molar-refractivity contribution in [1.82, 2.24) is 0 Å². The smallest absolute Gasteiger partial charge is 0.202 e. The van der Waals surface area contributed by atoms with E-state index in [0.29, 0.717) is 6.61 Å². The quantitative estimate of drug-likeness (QED) is 0.717. The molecule has 0 aromatic heterocycles. The maximum absolute atomic E-state index is 5.98. The molecule has 0 N–H and O–H groups in total. The number of rotatable bonds is 6. The van der Waals surface area contributed by atoms with E-state index in [1.165, 1.54) is 11.1 Å². The number of benzene rings is 2. The second-order valence-electron chi connectivity index (χ2n) is 7.35. The highest BCUT2D eigenvalue weighted by molar-refractivity contribution is 5.70. The lowest BCUT2D eigenvalue weighted by atomic mass is 9.96. The van der Waals surface area contributed by atoms with Crippen LogP contribution in [0.3, 0.4) is 0 Å². The third-order valence-electron chi connectivity index (χ3n) is 4.98. The van der Waals surface area contributed by atoms with Gasteiger partial charge in [-0.15, -0.1) is 0 Å². The molecule has 4 rings (SSSR count). The van der Waals surface area contributed by atoms with E-state index in [-0.39, 0.29) is 12.4 Å². The van der Waals surface area contributed by atoms with Crippen LogP contribution >= 0.6 is 0 Å². The molecule has 4 heteroatoms. The summed E-state index contributed by atoms with van der Waals surface area (Å²) in [6, 6.07) is 8.77. The highest BCUT2D eigenvalue weighted by Gasteiger charge is 2.24. The Kier molecular flexibility index (Phi) is 4.63. The summed E-state index contributed by atoms with van der Waals surface area (Å²) in [6.07, 6.45) is 1.15. The van der Waals surface area contributed by atoms with Gasteiger partial charge >= 0.3 is 0 Å². The van der Waals surface area contributed by atoms with Crippen molar-refractivity contribution in [1.29, 1.82) is 0 Å². The first kappa shape index (κ1) is 17.4. The van der Waals surface area contributed by atoms with Gasteiger partial charge in [0.05, 0.1) is 13.2 Å². The molecule has 138 valence electrons. The van der Waals surface area contributed by atoms with Crippen LogP contribution in [0.5, 0.6) is 11.5 Å². The molecule has 2 aromatic carbocycles. The minimum atomic E-state index is -0.0883. The SMILES string of the molecule is Cc1cc(-c2cc(C)c(OC3CCO3)c(C)c2)cc(C)c1OCC1CO1. The second kappa shape index (κ2) is 6.93. The highest BCUT2D eigenvalue weighted by atomic mass is 16.7. The zero-order valence-electron chi connectivity index (χ0n) is 15.9. The van der Waals surface area contributed by atoms with E-state index >= 15 is 0 Å². The zero-order valence-corrected chi connectivity index (χ0v) is 15.9. The van der Waals surface area contributed by atoms with E-state index in [2.05, 4.69) is 52.0 Å². The third kappa shape index (κ3) is 3.57. The van der Waals surface area contributed by atoms with Crippen molar-refractivity contribution >= 4 is 0 Å². The van der Waals surface area contributed by atoms with Crippen LogP contribution in [0.1, 0.15) is 28.7 Å². The van der Waals surface area contributed by atoms with E-state index < -0.39 is 0 Å². The molecule has 2 fully saturated rings. The Bertz CT molecular complexity index is 773. The molecule has 2 heterocycles. The predicted octanol–water partition coefficient (Wildman–Crippen LogP) is 4.49. The van der Waals surface area contributed by atoms with Crippen LogP contribution in [0.4, 0.5) is 0 Å². The van der Waals surface area contributed by atoms with Gasteiger partial charge in [-0.3, -0.25) is 0 Å². The molecule has 2 aliphatic rings. The molecular formula is C22H26O4. The molecule has 0 bridgehead atoms. The third-order valence-corrected chi connectivity index (χ3v) is 4.98. The molecule has 2 aromatic rings. The lowest BCUT2D eigenvalue weighted by molar-refractivity contribution is -0.165. The number of hydrogen-bond acceptors (Lipinski definition) is 4. The molecule has 2 unspecified atom stereocenters. The van der Waals surface area contributed by atoms with E-state index in [1.54, 1.807) is 0 Å². The molecular weight excluding hydrogens is 328 g/mol. The first-order valence-corrected chi connectivity index (χ1v) is 9.27. The van der Waals surface area contributed by atoms with E-state index in [0.717, 1.165) is 53.4 Å². The maximum Gasteiger partial charge on any atom is 0.202 e. The van der Waals surface area contributed by atoms with Crippen molar-refractivity contribution in [2.24, 2.45) is 0 Å². The van der Waals surface area contributed by atoms with Gasteiger partial charge in [0.15, 0.2) is 0 Å². The summed E-state index contributed by atoms with van der Waals surface area (Å²) < 4.78 is 22.6. The van der Waals surface area contributed by atoms with Crippen LogP contribution in [-0.2, 0) is 9.47 Å². The van der Waals surface area contributed by atoms with Gasteiger partial charge in [0.1, 0.15) is 24.2 Å². The standard InChI is InChI=1S/C22H26O4/c1-13-7-17(8-14(2)21(13)25-12-19-11-24-19)18-9-15(3)22(16(4)10-18)26-20-5-6-23-20/h7-10,19-20H,5-6,11-12H2,1-4H3. The lowest BCUT2D eigenvalue weighted by Crippen LogP contribution is -2.32. The molecule has 0 amide bonds. The Hall–Kier alpha value is -2.04. The topological polar surface area (TPSA) is 40.2 Å². The molecule has 0 saturated carbocycles. The Labute approximate surface area is 155 Å². The van der Waals surface area contributed by atoms with E-state index in [4.69, 9.17) is 18.9 Å². The van der Waals surface area contributed by atoms with Gasteiger partial charge < -0.3 is 18.9 Å². The van der Waals surface area contributed by atoms with Crippen LogP contribution in [0.2, 0.25) is 0 Å². The van der Waals surface area contributed by atoms with Gasteiger partial charge in [0, 0.05) is 6.42 Å². The maximum atomic E-state index is 5.98. The number of epoxide rings is 1. The number of aryl methyl sites for hydroxylation is 4. The zero-order chi connectivity index (χ0) is 18.3. The van der Waals surface area contributed by atoms with Gasteiger partial charge in [0.25, 0.3) is 0 Å². The number of hydrogen-bond donors (Lipinski definition) is 0. The molecule has 0 aliphatic carbocycles. The highest BCUT2D eigenvalue weighted by Crippen LogP contribution is 2.35. The van der Waals surface area contributed by atoms with Gasteiger partial charge in [-0.2, -0.15) is 0 Å². The fourth-order valence-corrected chi connectivity index (χ4v) is 3.43. The van der Waals surface area contributed by atoms with Crippen LogP contribution in [0.25, 0.3) is 11.1 Å². The van der Waals surface area contributed by atoms with Crippen molar-refractivity contribution in [3.63, 3.8) is 0 Å². The minimum absolute atomic E-state index is 0.0883. The molecule has 2 saturated heterocycles. The largest absolute Gasteiger partial charge is 0.490 e. The molecule has 0 radical (unpaired) electrons. The molecule has 2 aliphatic heterocycles. The molecule has 2 atom stereocenters. The Morgan fingerprint density at radius 2 is 1.35 bits per heavy atom. The minimum Gasteiger partial charge on any atom is -0.490 e. The van der Waals surface area contributed by atoms with Crippen molar-refractivity contribution in [2.45, 2.75) is 46.5 Å². The summed E-state index contributed by atoms with van der Waals surface area (Å²) in [4.78, 5) is 0. The van der Waals surface area contributed by atoms with Crippen molar-refractivity contribution in [3.05, 3.63) is 46.5 Å². The number of ether oxygens (including phenoxy) is 4. The summed E-state index contributed by atoms with van der Waals surface area (Å²) in [5.41, 5.74) is 6.98. The summed E-state index contributed by atoms with van der Waals surface area (Å²) in [5.74, 6) is 1.91. The van der Waals surface area contributed by atoms with Gasteiger partial charge in [-0.25, -0.2) is 0 Å². The van der Waals surface area contributed by atoms with Gasteiger partial charge in [-0.05, 0) is 85.3 Å². The summed E-state index contributed by atoms with van der Waals surface area (Å²) in [7, 11) is 0. The van der Waals surface area contributed by atoms with E-state index in [9.17, 15) is 0 Å². The Morgan fingerprint density at radius 3 is 1.77 bits per heavy atom. The average molecular weight is 354 g/mol. The molecule has 4 nitrogen and oxygen atoms in total. The van der Waals surface area contributed by atoms with Crippen LogP contribution < -0.4 is 9.47 Å². The lowest BCUT2D eigenvalue weighted by Gasteiger charge is -2.28. The van der Waals surface area contributed by atoms with Crippen molar-refractivity contribution in [2.75, 3.05) is 19.8 Å². The van der Waals surface area contributed by atoms with Crippen LogP contribution in [0.15, 0.2) is 24.3 Å². The van der Waals surface area contributed by atoms with Crippen LogP contribution in [0, 0.1) is 27.7 Å². The summed E-state index contributed by atoms with van der Waals surface area (Å²) in [6.45, 7) is 10.6. The van der Waals surface area contributed by atoms with Gasteiger partial charge in [0.2, 0.25) is 6.29 Å².